The van der Waals surface area contributed by atoms with Gasteiger partial charge < -0.3 is 10.8 Å². The van der Waals surface area contributed by atoms with E-state index in [1.54, 1.807) is 12.1 Å². The Balaban J connectivity index is 1.98. The second-order valence-electron chi connectivity index (χ2n) is 5.12. The van der Waals surface area contributed by atoms with Gasteiger partial charge in [0.15, 0.2) is 0 Å². The van der Waals surface area contributed by atoms with Crippen LogP contribution in [-0.4, -0.2) is 28.7 Å². The van der Waals surface area contributed by atoms with E-state index < -0.39 is 5.60 Å². The molecule has 0 saturated carbocycles. The van der Waals surface area contributed by atoms with E-state index in [9.17, 15) is 9.50 Å². The fourth-order valence-corrected chi connectivity index (χ4v) is 2.13. The third-order valence-corrected chi connectivity index (χ3v) is 3.40. The predicted molar refractivity (Wildman–Crippen MR) is 65.9 cm³/mol. The van der Waals surface area contributed by atoms with E-state index >= 15 is 0 Å². The van der Waals surface area contributed by atoms with E-state index in [1.165, 1.54) is 6.07 Å². The van der Waals surface area contributed by atoms with Crippen LogP contribution in [0.4, 0.5) is 10.1 Å². The van der Waals surface area contributed by atoms with Crippen LogP contribution < -0.4 is 5.73 Å². The van der Waals surface area contributed by atoms with Crippen LogP contribution in [0.5, 0.6) is 0 Å². The van der Waals surface area contributed by atoms with Crippen LogP contribution >= 0.6 is 0 Å². The quantitative estimate of drug-likeness (QED) is 0.772. The van der Waals surface area contributed by atoms with Gasteiger partial charge in [-0.15, -0.1) is 0 Å². The standard InChI is InChI=1S/C13H19FN2O/c1-13(17)4-6-16(7-5-13)9-10-2-3-11(15)8-12(10)14/h2-3,8,17H,4-7,9,15H2,1H3. The summed E-state index contributed by atoms with van der Waals surface area (Å²) in [7, 11) is 0. The molecule has 1 fully saturated rings. The monoisotopic (exact) mass is 238 g/mol. The van der Waals surface area contributed by atoms with Crippen molar-refractivity contribution in [1.82, 2.24) is 4.90 Å². The third-order valence-electron chi connectivity index (χ3n) is 3.40. The SMILES string of the molecule is CC1(O)CCN(Cc2ccc(N)cc2F)CC1. The van der Waals surface area contributed by atoms with E-state index in [1.807, 2.05) is 6.92 Å². The zero-order valence-corrected chi connectivity index (χ0v) is 10.1. The number of nitrogens with two attached hydrogens (primary N) is 1. The van der Waals surface area contributed by atoms with Gasteiger partial charge in [-0.25, -0.2) is 4.39 Å². The molecule has 0 radical (unpaired) electrons. The van der Waals surface area contributed by atoms with Crippen LogP contribution in [0.25, 0.3) is 0 Å². The molecule has 0 bridgehead atoms. The maximum Gasteiger partial charge on any atom is 0.129 e. The molecule has 1 aromatic carbocycles. The van der Waals surface area contributed by atoms with Gasteiger partial charge in [0.05, 0.1) is 5.60 Å². The van der Waals surface area contributed by atoms with Gasteiger partial charge in [-0.3, -0.25) is 4.90 Å². The molecule has 0 aliphatic carbocycles. The summed E-state index contributed by atoms with van der Waals surface area (Å²) in [5.41, 5.74) is 6.07. The minimum absolute atomic E-state index is 0.248. The van der Waals surface area contributed by atoms with Crippen molar-refractivity contribution in [3.63, 3.8) is 0 Å². The molecular formula is C13H19FN2O. The van der Waals surface area contributed by atoms with Gasteiger partial charge in [-0.1, -0.05) is 6.07 Å². The van der Waals surface area contributed by atoms with Crippen molar-refractivity contribution in [2.75, 3.05) is 18.8 Å². The molecule has 0 spiro atoms. The molecule has 1 aliphatic heterocycles. The highest BCUT2D eigenvalue weighted by atomic mass is 19.1. The molecule has 17 heavy (non-hydrogen) atoms. The van der Waals surface area contributed by atoms with Gasteiger partial charge in [0.1, 0.15) is 5.82 Å². The normalized spacial score (nSPS) is 20.4. The van der Waals surface area contributed by atoms with Crippen molar-refractivity contribution in [3.05, 3.63) is 29.6 Å². The fraction of sp³-hybridized carbons (Fsp3) is 0.538. The summed E-state index contributed by atoms with van der Waals surface area (Å²) in [4.78, 5) is 2.16. The van der Waals surface area contributed by atoms with E-state index in [0.29, 0.717) is 17.8 Å². The number of rotatable bonds is 2. The summed E-state index contributed by atoms with van der Waals surface area (Å²) in [6, 6.07) is 4.81. The summed E-state index contributed by atoms with van der Waals surface area (Å²) in [6.45, 7) is 4.05. The second kappa shape index (κ2) is 4.63. The molecule has 1 aromatic rings. The number of benzene rings is 1. The summed E-state index contributed by atoms with van der Waals surface area (Å²) < 4.78 is 13.6. The van der Waals surface area contributed by atoms with Crippen molar-refractivity contribution in [3.8, 4) is 0 Å². The van der Waals surface area contributed by atoms with Crippen LogP contribution in [0.1, 0.15) is 25.3 Å². The number of hydrogen-bond donors (Lipinski definition) is 2. The molecular weight excluding hydrogens is 219 g/mol. The lowest BCUT2D eigenvalue weighted by atomic mass is 9.93. The summed E-state index contributed by atoms with van der Waals surface area (Å²) in [5, 5.41) is 9.83. The third kappa shape index (κ3) is 3.17. The number of hydrogen-bond acceptors (Lipinski definition) is 3. The van der Waals surface area contributed by atoms with Crippen LogP contribution in [-0.2, 0) is 6.54 Å². The van der Waals surface area contributed by atoms with Crippen molar-refractivity contribution in [1.29, 1.82) is 0 Å². The lowest BCUT2D eigenvalue weighted by Crippen LogP contribution is -2.42. The molecule has 0 amide bonds. The topological polar surface area (TPSA) is 49.5 Å². The molecule has 1 saturated heterocycles. The Hall–Kier alpha value is -1.13. The summed E-state index contributed by atoms with van der Waals surface area (Å²) in [6.07, 6.45) is 1.48. The first-order valence-electron chi connectivity index (χ1n) is 5.95. The zero-order valence-electron chi connectivity index (χ0n) is 10.1. The van der Waals surface area contributed by atoms with Gasteiger partial charge in [0, 0.05) is 30.9 Å². The smallest absolute Gasteiger partial charge is 0.129 e. The average Bonchev–Trinajstić information content (AvgIpc) is 2.25. The first-order valence-corrected chi connectivity index (χ1v) is 5.95. The Labute approximate surface area is 101 Å². The van der Waals surface area contributed by atoms with E-state index in [4.69, 9.17) is 5.73 Å². The van der Waals surface area contributed by atoms with Gasteiger partial charge in [0.2, 0.25) is 0 Å². The number of piperidine rings is 1. The number of halogens is 1. The Kier molecular flexibility index (Phi) is 3.35. The summed E-state index contributed by atoms with van der Waals surface area (Å²) in [5.74, 6) is -0.248. The molecule has 1 heterocycles. The average molecular weight is 238 g/mol. The van der Waals surface area contributed by atoms with Crippen LogP contribution in [0.3, 0.4) is 0 Å². The lowest BCUT2D eigenvalue weighted by Gasteiger charge is -2.35. The van der Waals surface area contributed by atoms with Crippen molar-refractivity contribution in [2.45, 2.75) is 31.9 Å². The Bertz CT molecular complexity index is 396. The largest absolute Gasteiger partial charge is 0.399 e. The Morgan fingerprint density at radius 2 is 2.06 bits per heavy atom. The van der Waals surface area contributed by atoms with Crippen molar-refractivity contribution in [2.24, 2.45) is 0 Å². The van der Waals surface area contributed by atoms with Crippen LogP contribution in [0.15, 0.2) is 18.2 Å². The maximum atomic E-state index is 13.6. The van der Waals surface area contributed by atoms with Crippen LogP contribution in [0, 0.1) is 5.82 Å². The first kappa shape index (κ1) is 12.3. The van der Waals surface area contributed by atoms with E-state index in [-0.39, 0.29) is 5.82 Å². The highest BCUT2D eigenvalue weighted by molar-refractivity contribution is 5.40. The fourth-order valence-electron chi connectivity index (χ4n) is 2.13. The molecule has 0 unspecified atom stereocenters. The minimum atomic E-state index is -0.559. The van der Waals surface area contributed by atoms with Gasteiger partial charge in [0.25, 0.3) is 0 Å². The van der Waals surface area contributed by atoms with Gasteiger partial charge in [-0.2, -0.15) is 0 Å². The number of likely N-dealkylation sites (tertiary alicyclic amines) is 1. The minimum Gasteiger partial charge on any atom is -0.399 e. The molecule has 0 aromatic heterocycles. The molecule has 1 aliphatic rings. The van der Waals surface area contributed by atoms with Crippen molar-refractivity contribution < 1.29 is 9.50 Å². The molecule has 4 heteroatoms. The Morgan fingerprint density at radius 1 is 1.41 bits per heavy atom. The van der Waals surface area contributed by atoms with Crippen LogP contribution in [0.2, 0.25) is 0 Å². The summed E-state index contributed by atoms with van der Waals surface area (Å²) >= 11 is 0. The Morgan fingerprint density at radius 3 is 2.65 bits per heavy atom. The van der Waals surface area contributed by atoms with Gasteiger partial charge in [-0.05, 0) is 31.9 Å². The number of anilines is 1. The predicted octanol–water partition coefficient (Wildman–Crippen LogP) is 1.75. The second-order valence-corrected chi connectivity index (χ2v) is 5.12. The number of aliphatic hydroxyl groups is 1. The molecule has 3 N–H and O–H groups in total. The zero-order chi connectivity index (χ0) is 12.5. The molecule has 2 rings (SSSR count). The maximum absolute atomic E-state index is 13.6. The lowest BCUT2D eigenvalue weighted by molar-refractivity contribution is -0.00749. The van der Waals surface area contributed by atoms with Crippen molar-refractivity contribution >= 4 is 5.69 Å². The first-order chi connectivity index (χ1) is 7.96. The molecule has 3 nitrogen and oxygen atoms in total. The number of nitrogens with zero attached hydrogens (tertiary/aromatic N) is 1. The number of nitrogen functional groups attached to an aromatic ring is 1. The molecule has 94 valence electrons. The highest BCUT2D eigenvalue weighted by Crippen LogP contribution is 2.23. The van der Waals surface area contributed by atoms with E-state index in [0.717, 1.165) is 25.9 Å². The highest BCUT2D eigenvalue weighted by Gasteiger charge is 2.27. The van der Waals surface area contributed by atoms with Gasteiger partial charge >= 0.3 is 0 Å². The van der Waals surface area contributed by atoms with E-state index in [2.05, 4.69) is 4.90 Å². The molecule has 0 atom stereocenters.